The van der Waals surface area contributed by atoms with Gasteiger partial charge in [0.15, 0.2) is 0 Å². The van der Waals surface area contributed by atoms with Gasteiger partial charge in [0.2, 0.25) is 11.8 Å². The summed E-state index contributed by atoms with van der Waals surface area (Å²) in [5.74, 6) is -0.181. The van der Waals surface area contributed by atoms with Crippen LogP contribution in [0, 0.1) is 37.5 Å². The van der Waals surface area contributed by atoms with Crippen LogP contribution in [0.15, 0.2) is 30.4 Å². The zero-order chi connectivity index (χ0) is 17.7. The quantitative estimate of drug-likeness (QED) is 0.673. The third kappa shape index (κ3) is 2.41. The number of amides is 3. The Bertz CT molecular complexity index is 768. The number of hydrogen-bond acceptors (Lipinski definition) is 3. The van der Waals surface area contributed by atoms with Crippen molar-refractivity contribution in [1.82, 2.24) is 10.2 Å². The van der Waals surface area contributed by atoms with Gasteiger partial charge in [-0.2, -0.15) is 0 Å². The molecule has 1 saturated heterocycles. The Labute approximate surface area is 147 Å². The van der Waals surface area contributed by atoms with E-state index in [0.29, 0.717) is 5.56 Å². The molecule has 1 aromatic rings. The summed E-state index contributed by atoms with van der Waals surface area (Å²) in [6, 6.07) is 5.61. The lowest BCUT2D eigenvalue weighted by molar-refractivity contribution is -0.140. The average Bonchev–Trinajstić information content (AvgIpc) is 3.26. The van der Waals surface area contributed by atoms with Crippen molar-refractivity contribution in [2.45, 2.75) is 20.3 Å². The third-order valence-electron chi connectivity index (χ3n) is 6.03. The number of imide groups is 1. The smallest absolute Gasteiger partial charge is 0.251 e. The molecule has 1 aromatic carbocycles. The molecule has 1 saturated carbocycles. The number of rotatable bonds is 4. The molecule has 25 heavy (non-hydrogen) atoms. The zero-order valence-corrected chi connectivity index (χ0v) is 14.5. The molecule has 2 fully saturated rings. The van der Waals surface area contributed by atoms with Gasteiger partial charge in [0.25, 0.3) is 5.91 Å². The molecular weight excluding hydrogens is 316 g/mol. The van der Waals surface area contributed by atoms with Crippen molar-refractivity contribution < 1.29 is 14.4 Å². The van der Waals surface area contributed by atoms with Crippen molar-refractivity contribution in [3.63, 3.8) is 0 Å². The predicted octanol–water partition coefficient (Wildman–Crippen LogP) is 1.84. The molecule has 2 bridgehead atoms. The van der Waals surface area contributed by atoms with Gasteiger partial charge in [0, 0.05) is 18.7 Å². The van der Waals surface area contributed by atoms with Crippen molar-refractivity contribution in [3.8, 4) is 0 Å². The van der Waals surface area contributed by atoms with Crippen LogP contribution in [-0.2, 0) is 9.59 Å². The standard InChI is InChI=1S/C20H22N2O3/c1-11-4-3-5-15(12(11)2)18(23)21-8-9-22-19(24)16-13-6-7-14(10-13)17(16)20(22)25/h3-7,13-14,16-17H,8-10H2,1-2H3,(H,21,23)/t13-,14-,16-,17-/m0/s1. The van der Waals surface area contributed by atoms with Gasteiger partial charge in [-0.3, -0.25) is 19.3 Å². The second-order valence-corrected chi connectivity index (χ2v) is 7.33. The van der Waals surface area contributed by atoms with Crippen molar-refractivity contribution in [3.05, 3.63) is 47.0 Å². The first kappa shape index (κ1) is 16.1. The van der Waals surface area contributed by atoms with Crippen molar-refractivity contribution in [2.24, 2.45) is 23.7 Å². The Morgan fingerprint density at radius 2 is 1.76 bits per heavy atom. The molecule has 4 rings (SSSR count). The first-order valence-electron chi connectivity index (χ1n) is 8.87. The van der Waals surface area contributed by atoms with Gasteiger partial charge >= 0.3 is 0 Å². The van der Waals surface area contributed by atoms with Crippen LogP contribution in [-0.4, -0.2) is 35.7 Å². The zero-order valence-electron chi connectivity index (χ0n) is 14.5. The first-order valence-corrected chi connectivity index (χ1v) is 8.87. The Kier molecular flexibility index (Phi) is 3.74. The van der Waals surface area contributed by atoms with Gasteiger partial charge < -0.3 is 5.32 Å². The summed E-state index contributed by atoms with van der Waals surface area (Å²) >= 11 is 0. The van der Waals surface area contributed by atoms with E-state index in [0.717, 1.165) is 17.5 Å². The number of aryl methyl sites for hydroxylation is 1. The fourth-order valence-electron chi connectivity index (χ4n) is 4.56. The monoisotopic (exact) mass is 338 g/mol. The maximum atomic E-state index is 12.6. The van der Waals surface area contributed by atoms with E-state index in [1.807, 2.05) is 26.0 Å². The highest BCUT2D eigenvalue weighted by Crippen LogP contribution is 2.52. The number of carbonyl (C=O) groups is 3. The van der Waals surface area contributed by atoms with Crippen LogP contribution in [0.4, 0.5) is 0 Å². The molecular formula is C20H22N2O3. The minimum atomic E-state index is -0.169. The Balaban J connectivity index is 1.38. The molecule has 4 atom stereocenters. The lowest BCUT2D eigenvalue weighted by Gasteiger charge is -2.17. The van der Waals surface area contributed by atoms with Crippen LogP contribution < -0.4 is 5.32 Å². The Hall–Kier alpha value is -2.43. The summed E-state index contributed by atoms with van der Waals surface area (Å²) in [7, 11) is 0. The molecule has 1 N–H and O–H groups in total. The van der Waals surface area contributed by atoms with E-state index in [2.05, 4.69) is 17.5 Å². The van der Waals surface area contributed by atoms with E-state index >= 15 is 0 Å². The number of nitrogens with one attached hydrogen (secondary N) is 1. The summed E-state index contributed by atoms with van der Waals surface area (Å²) in [5, 5.41) is 2.84. The molecule has 130 valence electrons. The molecule has 0 radical (unpaired) electrons. The van der Waals surface area contributed by atoms with E-state index in [1.165, 1.54) is 4.90 Å². The SMILES string of the molecule is Cc1cccc(C(=O)NCCN2C(=O)[C@@H]3[C@@H](C2=O)[C@H]2C=C[C@H]3C2)c1C. The van der Waals surface area contributed by atoms with Crippen LogP contribution in [0.1, 0.15) is 27.9 Å². The molecule has 5 nitrogen and oxygen atoms in total. The predicted molar refractivity (Wildman–Crippen MR) is 92.7 cm³/mol. The van der Waals surface area contributed by atoms with Crippen LogP contribution in [0.25, 0.3) is 0 Å². The maximum Gasteiger partial charge on any atom is 0.251 e. The van der Waals surface area contributed by atoms with Gasteiger partial charge in [-0.1, -0.05) is 24.3 Å². The molecule has 3 amide bonds. The highest BCUT2D eigenvalue weighted by atomic mass is 16.2. The normalized spacial score (nSPS) is 29.4. The lowest BCUT2D eigenvalue weighted by Crippen LogP contribution is -2.39. The van der Waals surface area contributed by atoms with Crippen molar-refractivity contribution in [1.29, 1.82) is 0 Å². The number of carbonyl (C=O) groups excluding carboxylic acids is 3. The number of allylic oxidation sites excluding steroid dienone is 2. The maximum absolute atomic E-state index is 12.6. The molecule has 0 aromatic heterocycles. The van der Waals surface area contributed by atoms with E-state index in [4.69, 9.17) is 0 Å². The molecule has 1 heterocycles. The van der Waals surface area contributed by atoms with Gasteiger partial charge in [-0.05, 0) is 49.3 Å². The summed E-state index contributed by atoms with van der Waals surface area (Å²) in [5.41, 5.74) is 2.65. The molecule has 3 aliphatic rings. The molecule has 5 heteroatoms. The highest BCUT2D eigenvalue weighted by molar-refractivity contribution is 6.06. The first-order chi connectivity index (χ1) is 12.0. The summed E-state index contributed by atoms with van der Waals surface area (Å²) in [4.78, 5) is 38.9. The number of hydrogen-bond donors (Lipinski definition) is 1. The van der Waals surface area contributed by atoms with Crippen LogP contribution in [0.5, 0.6) is 0 Å². The van der Waals surface area contributed by atoms with Gasteiger partial charge in [-0.25, -0.2) is 0 Å². The minimum absolute atomic E-state index is 0.0622. The fraction of sp³-hybridized carbons (Fsp3) is 0.450. The minimum Gasteiger partial charge on any atom is -0.350 e. The van der Waals surface area contributed by atoms with Gasteiger partial charge in [0.1, 0.15) is 0 Å². The number of nitrogens with zero attached hydrogens (tertiary/aromatic N) is 1. The van der Waals surface area contributed by atoms with Crippen molar-refractivity contribution >= 4 is 17.7 Å². The fourth-order valence-corrected chi connectivity index (χ4v) is 4.56. The molecule has 2 aliphatic carbocycles. The summed E-state index contributed by atoms with van der Waals surface area (Å²) in [6.45, 7) is 4.42. The van der Waals surface area contributed by atoms with E-state index in [9.17, 15) is 14.4 Å². The molecule has 0 unspecified atom stereocenters. The van der Waals surface area contributed by atoms with Crippen LogP contribution in [0.3, 0.4) is 0 Å². The van der Waals surface area contributed by atoms with E-state index in [1.54, 1.807) is 6.07 Å². The third-order valence-corrected chi connectivity index (χ3v) is 6.03. The summed E-state index contributed by atoms with van der Waals surface area (Å²) in [6.07, 6.45) is 5.11. The Morgan fingerprint density at radius 1 is 1.12 bits per heavy atom. The van der Waals surface area contributed by atoms with E-state index in [-0.39, 0.29) is 54.5 Å². The van der Waals surface area contributed by atoms with Gasteiger partial charge in [0.05, 0.1) is 11.8 Å². The largest absolute Gasteiger partial charge is 0.350 e. The van der Waals surface area contributed by atoms with Gasteiger partial charge in [-0.15, -0.1) is 0 Å². The highest BCUT2D eigenvalue weighted by Gasteiger charge is 2.58. The average molecular weight is 338 g/mol. The van der Waals surface area contributed by atoms with Crippen LogP contribution >= 0.6 is 0 Å². The number of likely N-dealkylation sites (tertiary alicyclic amines) is 1. The number of benzene rings is 1. The topological polar surface area (TPSA) is 66.5 Å². The summed E-state index contributed by atoms with van der Waals surface area (Å²) < 4.78 is 0. The molecule has 0 spiro atoms. The van der Waals surface area contributed by atoms with Crippen LogP contribution in [0.2, 0.25) is 0 Å². The van der Waals surface area contributed by atoms with Crippen molar-refractivity contribution in [2.75, 3.05) is 13.1 Å². The van der Waals surface area contributed by atoms with E-state index < -0.39 is 0 Å². The lowest BCUT2D eigenvalue weighted by atomic mass is 9.85. The number of fused-ring (bicyclic) bond motifs is 5. The second kappa shape index (κ2) is 5.83. The molecule has 1 aliphatic heterocycles. The Morgan fingerprint density at radius 3 is 2.40 bits per heavy atom. The second-order valence-electron chi connectivity index (χ2n) is 7.33.